The summed E-state index contributed by atoms with van der Waals surface area (Å²) in [5.41, 5.74) is -4.38. The number of ether oxygens (including phenoxy) is 3. The number of ketones is 2. The smallest absolute Gasteiger partial charge is 0.214 e. The topological polar surface area (TPSA) is 264 Å². The number of aliphatic hydroxyl groups is 9. The number of allylic oxidation sites excluding steroid dienone is 1. The molecule has 0 unspecified atom stereocenters. The maximum atomic E-state index is 13.9. The van der Waals surface area contributed by atoms with Gasteiger partial charge in [-0.15, -0.1) is 0 Å². The minimum absolute atomic E-state index is 0.0536. The first-order chi connectivity index (χ1) is 19.9. The van der Waals surface area contributed by atoms with Gasteiger partial charge in [0.25, 0.3) is 0 Å². The molecule has 15 nitrogen and oxygen atoms in total. The lowest BCUT2D eigenvalue weighted by Crippen LogP contribution is -2.68. The number of phenolic OH excluding ortho intramolecular Hbond substituents is 1. The molecule has 0 saturated carbocycles. The fourth-order valence-electron chi connectivity index (χ4n) is 5.63. The monoisotopic (exact) mass is 594 g/mol. The first-order valence-corrected chi connectivity index (χ1v) is 12.9. The van der Waals surface area contributed by atoms with Crippen LogP contribution in [0, 0.1) is 0 Å². The molecule has 2 saturated heterocycles. The van der Waals surface area contributed by atoms with E-state index in [-0.39, 0.29) is 5.75 Å². The molecule has 2 fully saturated rings. The van der Waals surface area contributed by atoms with Gasteiger partial charge in [-0.3, -0.25) is 9.59 Å². The molecule has 10 N–H and O–H groups in total. The van der Waals surface area contributed by atoms with Crippen molar-refractivity contribution in [1.29, 1.82) is 0 Å². The number of Topliss-reactive ketones (excluding diaryl/α,β-unsaturated/α-hetero) is 1. The molecule has 0 aromatic heterocycles. The fourth-order valence-corrected chi connectivity index (χ4v) is 5.63. The Balaban J connectivity index is 1.64. The van der Waals surface area contributed by atoms with Crippen molar-refractivity contribution in [2.24, 2.45) is 0 Å². The van der Waals surface area contributed by atoms with E-state index in [1.54, 1.807) is 0 Å². The van der Waals surface area contributed by atoms with Gasteiger partial charge in [-0.2, -0.15) is 0 Å². The van der Waals surface area contributed by atoms with Crippen LogP contribution in [0.4, 0.5) is 0 Å². The molecule has 0 radical (unpaired) electrons. The van der Waals surface area contributed by atoms with E-state index in [1.165, 1.54) is 30.3 Å². The fraction of sp³-hybridized carbons (Fsp3) is 0.481. The summed E-state index contributed by atoms with van der Waals surface area (Å²) >= 11 is 0. The average Bonchev–Trinajstić information content (AvgIpc) is 3.37. The number of aromatic hydroxyl groups is 1. The number of rotatable bonds is 6. The average molecular weight is 595 g/mol. The zero-order valence-corrected chi connectivity index (χ0v) is 21.7. The third-order valence-electron chi connectivity index (χ3n) is 7.93. The number of aliphatic hydroxyl groups excluding tert-OH is 8. The first-order valence-electron chi connectivity index (χ1n) is 12.9. The zero-order chi connectivity index (χ0) is 30.7. The summed E-state index contributed by atoms with van der Waals surface area (Å²) in [5, 5.41) is 105. The van der Waals surface area contributed by atoms with E-state index < -0.39 is 114 Å². The molecule has 3 aliphatic heterocycles. The maximum absolute atomic E-state index is 13.9. The number of fused-ring (bicyclic) bond motifs is 2. The van der Waals surface area contributed by atoms with E-state index in [9.17, 15) is 60.7 Å². The van der Waals surface area contributed by atoms with Crippen molar-refractivity contribution < 1.29 is 74.9 Å². The Morgan fingerprint density at radius 3 is 2.07 bits per heavy atom. The van der Waals surface area contributed by atoms with Crippen LogP contribution in [-0.4, -0.2) is 142 Å². The summed E-state index contributed by atoms with van der Waals surface area (Å²) in [6, 6.07) is 5.53. The van der Waals surface area contributed by atoms with Gasteiger partial charge < -0.3 is 65.3 Å². The Labute approximate surface area is 237 Å². The number of hydrogen-bond donors (Lipinski definition) is 10. The van der Waals surface area contributed by atoms with Crippen molar-refractivity contribution in [1.82, 2.24) is 0 Å². The minimum Gasteiger partial charge on any atom is -0.508 e. The first kappa shape index (κ1) is 30.2. The van der Waals surface area contributed by atoms with E-state index in [0.29, 0.717) is 5.56 Å². The van der Waals surface area contributed by atoms with Crippen LogP contribution in [0.25, 0.3) is 6.08 Å². The highest BCUT2D eigenvalue weighted by atomic mass is 16.6. The van der Waals surface area contributed by atoms with Crippen molar-refractivity contribution in [3.63, 3.8) is 0 Å². The molecule has 3 heterocycles. The number of benzene rings is 1. The van der Waals surface area contributed by atoms with Gasteiger partial charge >= 0.3 is 0 Å². The van der Waals surface area contributed by atoms with Gasteiger partial charge in [-0.05, 0) is 23.8 Å². The van der Waals surface area contributed by atoms with E-state index in [2.05, 4.69) is 0 Å². The number of carbonyl (C=O) groups excluding carboxylic acids is 2. The Bertz CT molecular complexity index is 1330. The molecule has 42 heavy (non-hydrogen) atoms. The maximum Gasteiger partial charge on any atom is 0.214 e. The number of carbonyl (C=O) groups is 2. The molecule has 0 spiro atoms. The van der Waals surface area contributed by atoms with Gasteiger partial charge in [0, 0.05) is 0 Å². The highest BCUT2D eigenvalue weighted by Crippen LogP contribution is 2.50. The lowest BCUT2D eigenvalue weighted by atomic mass is 9.73. The largest absolute Gasteiger partial charge is 0.508 e. The molecular weight excluding hydrogens is 564 g/mol. The summed E-state index contributed by atoms with van der Waals surface area (Å²) in [6.07, 6.45) is -16.0. The molecular formula is C27H30O15. The van der Waals surface area contributed by atoms with Crippen molar-refractivity contribution in [2.75, 3.05) is 13.2 Å². The highest BCUT2D eigenvalue weighted by molar-refractivity contribution is 6.29. The summed E-state index contributed by atoms with van der Waals surface area (Å²) in [6.45, 7) is -1.73. The van der Waals surface area contributed by atoms with E-state index in [1.807, 2.05) is 0 Å². The van der Waals surface area contributed by atoms with Crippen molar-refractivity contribution in [3.8, 4) is 5.75 Å². The van der Waals surface area contributed by atoms with Gasteiger partial charge in [0.2, 0.25) is 11.4 Å². The van der Waals surface area contributed by atoms with Gasteiger partial charge in [-0.25, -0.2) is 0 Å². The van der Waals surface area contributed by atoms with Crippen LogP contribution in [0.1, 0.15) is 5.56 Å². The lowest BCUT2D eigenvalue weighted by Gasteiger charge is -2.47. The van der Waals surface area contributed by atoms with E-state index in [0.717, 1.165) is 6.08 Å². The van der Waals surface area contributed by atoms with E-state index in [4.69, 9.17) is 14.2 Å². The Hall–Kier alpha value is -3.22. The molecule has 11 atom stereocenters. The van der Waals surface area contributed by atoms with Crippen LogP contribution < -0.4 is 0 Å². The molecule has 5 rings (SSSR count). The number of phenols is 1. The summed E-state index contributed by atoms with van der Waals surface area (Å²) in [5.74, 6) is -4.64. The molecule has 0 bridgehead atoms. The molecule has 1 aliphatic carbocycles. The SMILES string of the molecule is O=C(C=Cc1ccc(O)cc1)C1=C(O)C2=C(O[C@H]3[C@@H](O)[C@H](O)[C@H](CO)O[C@H]23)[C@@](O)([C@@H]2O[C@H](CO)[C@@H](O)[C@H](O)[C@H]2O)C1=O. The Morgan fingerprint density at radius 2 is 1.45 bits per heavy atom. The summed E-state index contributed by atoms with van der Waals surface area (Å²) in [4.78, 5) is 27.3. The van der Waals surface area contributed by atoms with Crippen LogP contribution in [0.2, 0.25) is 0 Å². The highest BCUT2D eigenvalue weighted by Gasteiger charge is 2.67. The van der Waals surface area contributed by atoms with Crippen molar-refractivity contribution in [3.05, 3.63) is 58.6 Å². The van der Waals surface area contributed by atoms with Crippen LogP contribution in [0.15, 0.2) is 53.0 Å². The van der Waals surface area contributed by atoms with Gasteiger partial charge in [0.1, 0.15) is 77.8 Å². The number of hydrogen-bond acceptors (Lipinski definition) is 15. The lowest BCUT2D eigenvalue weighted by molar-refractivity contribution is -0.266. The third-order valence-corrected chi connectivity index (χ3v) is 7.93. The predicted molar refractivity (Wildman–Crippen MR) is 135 cm³/mol. The molecule has 4 aliphatic rings. The van der Waals surface area contributed by atoms with Crippen LogP contribution in [-0.2, 0) is 23.8 Å². The molecule has 15 heteroatoms. The van der Waals surface area contributed by atoms with Crippen LogP contribution in [0.3, 0.4) is 0 Å². The normalized spacial score (nSPS) is 40.2. The van der Waals surface area contributed by atoms with Crippen LogP contribution >= 0.6 is 0 Å². The van der Waals surface area contributed by atoms with E-state index >= 15 is 0 Å². The second kappa shape index (κ2) is 11.1. The van der Waals surface area contributed by atoms with Gasteiger partial charge in [0.05, 0.1) is 18.8 Å². The second-order valence-corrected chi connectivity index (χ2v) is 10.4. The predicted octanol–water partition coefficient (Wildman–Crippen LogP) is -3.92. The van der Waals surface area contributed by atoms with Crippen LogP contribution in [0.5, 0.6) is 5.75 Å². The molecule has 228 valence electrons. The van der Waals surface area contributed by atoms with Gasteiger partial charge in [-0.1, -0.05) is 18.2 Å². The summed E-state index contributed by atoms with van der Waals surface area (Å²) in [7, 11) is 0. The quantitative estimate of drug-likeness (QED) is 0.111. The van der Waals surface area contributed by atoms with Crippen molar-refractivity contribution in [2.45, 2.75) is 66.6 Å². The minimum atomic E-state index is -3.22. The Morgan fingerprint density at radius 1 is 0.857 bits per heavy atom. The Kier molecular flexibility index (Phi) is 8.01. The molecule has 1 aromatic rings. The summed E-state index contributed by atoms with van der Waals surface area (Å²) < 4.78 is 16.7. The zero-order valence-electron chi connectivity index (χ0n) is 21.7. The van der Waals surface area contributed by atoms with Gasteiger partial charge in [0.15, 0.2) is 11.9 Å². The molecule has 0 amide bonds. The standard InChI is InChI=1S/C27H30O15/c28-7-12-17(33)20(36)23-22(40-12)15-18(34)14(11(31)6-3-9-1-4-10(30)5-2-9)24(38)27(39,25(15)42-23)26-21(37)19(35)16(32)13(8-29)41-26/h1-6,12-13,16-17,19-23,26,28-30,32-37,39H,7-8H2/t12-,13+,16+,17+,19-,20-,21+,22+,23-,26+,27+/m0/s1. The second-order valence-electron chi connectivity index (χ2n) is 10.4. The molecule has 1 aromatic carbocycles. The third kappa shape index (κ3) is 4.55. The van der Waals surface area contributed by atoms with Crippen molar-refractivity contribution >= 4 is 17.6 Å².